The maximum absolute atomic E-state index is 11.9. The molecule has 0 heterocycles. The lowest BCUT2D eigenvalue weighted by Crippen LogP contribution is -2.33. The predicted octanol–water partition coefficient (Wildman–Crippen LogP) is 2.28. The quantitative estimate of drug-likeness (QED) is 0.877. The average Bonchev–Trinajstić information content (AvgIpc) is 2.36. The first-order valence-electron chi connectivity index (χ1n) is 5.55. The SMILES string of the molecule is CSCC(=O)Nc1ccc(C(=O)NCC(F)(F)F)cc1. The molecule has 8 heteroatoms. The van der Waals surface area contributed by atoms with E-state index in [2.05, 4.69) is 5.32 Å². The molecule has 0 atom stereocenters. The molecule has 0 unspecified atom stereocenters. The first-order chi connectivity index (χ1) is 9.31. The summed E-state index contributed by atoms with van der Waals surface area (Å²) in [7, 11) is 0. The molecule has 0 spiro atoms. The van der Waals surface area contributed by atoms with E-state index in [9.17, 15) is 22.8 Å². The molecule has 0 aliphatic heterocycles. The molecule has 4 nitrogen and oxygen atoms in total. The maximum Gasteiger partial charge on any atom is 0.405 e. The van der Waals surface area contributed by atoms with Gasteiger partial charge in [0.1, 0.15) is 6.54 Å². The van der Waals surface area contributed by atoms with Crippen LogP contribution in [0.1, 0.15) is 10.4 Å². The molecule has 0 aliphatic rings. The van der Waals surface area contributed by atoms with Gasteiger partial charge in [-0.1, -0.05) is 0 Å². The molecule has 0 fully saturated rings. The number of hydrogen-bond donors (Lipinski definition) is 2. The second-order valence-corrected chi connectivity index (χ2v) is 4.72. The van der Waals surface area contributed by atoms with Crippen LogP contribution >= 0.6 is 11.8 Å². The summed E-state index contributed by atoms with van der Waals surface area (Å²) in [6.07, 6.45) is -2.66. The minimum Gasteiger partial charge on any atom is -0.343 e. The van der Waals surface area contributed by atoms with E-state index in [0.29, 0.717) is 11.4 Å². The van der Waals surface area contributed by atoms with E-state index in [4.69, 9.17) is 0 Å². The van der Waals surface area contributed by atoms with Gasteiger partial charge in [-0.3, -0.25) is 9.59 Å². The standard InChI is InChI=1S/C12H13F3N2O2S/c1-20-6-10(18)17-9-4-2-8(3-5-9)11(19)16-7-12(13,14)15/h2-5H,6-7H2,1H3,(H,16,19)(H,17,18). The van der Waals surface area contributed by atoms with E-state index in [1.807, 2.05) is 0 Å². The Kier molecular flexibility index (Phi) is 5.87. The van der Waals surface area contributed by atoms with Gasteiger partial charge in [0.05, 0.1) is 5.75 Å². The summed E-state index contributed by atoms with van der Waals surface area (Å²) in [5.41, 5.74) is 0.577. The largest absolute Gasteiger partial charge is 0.405 e. The third-order valence-electron chi connectivity index (χ3n) is 2.16. The Morgan fingerprint density at radius 1 is 1.20 bits per heavy atom. The highest BCUT2D eigenvalue weighted by Gasteiger charge is 2.27. The number of hydrogen-bond acceptors (Lipinski definition) is 3. The number of alkyl halides is 3. The van der Waals surface area contributed by atoms with Crippen LogP contribution < -0.4 is 10.6 Å². The first kappa shape index (κ1) is 16.4. The summed E-state index contributed by atoms with van der Waals surface area (Å²) in [4.78, 5) is 22.7. The normalized spacial score (nSPS) is 11.0. The van der Waals surface area contributed by atoms with Crippen molar-refractivity contribution >= 4 is 29.3 Å². The molecule has 0 radical (unpaired) electrons. The van der Waals surface area contributed by atoms with Crippen molar-refractivity contribution in [2.45, 2.75) is 6.18 Å². The first-order valence-corrected chi connectivity index (χ1v) is 6.95. The zero-order valence-electron chi connectivity index (χ0n) is 10.6. The molecule has 0 saturated carbocycles. The second-order valence-electron chi connectivity index (χ2n) is 3.86. The summed E-state index contributed by atoms with van der Waals surface area (Å²) in [6.45, 7) is -1.38. The molecular weight excluding hydrogens is 293 g/mol. The zero-order valence-corrected chi connectivity index (χ0v) is 11.4. The minimum absolute atomic E-state index is 0.0946. The monoisotopic (exact) mass is 306 g/mol. The number of carbonyl (C=O) groups is 2. The van der Waals surface area contributed by atoms with Crippen molar-refractivity contribution in [3.63, 3.8) is 0 Å². The maximum atomic E-state index is 11.9. The Hall–Kier alpha value is -1.70. The molecule has 0 aliphatic carbocycles. The number of anilines is 1. The predicted molar refractivity (Wildman–Crippen MR) is 71.8 cm³/mol. The minimum atomic E-state index is -4.44. The van der Waals surface area contributed by atoms with Crippen LogP contribution in [0.2, 0.25) is 0 Å². The number of carbonyl (C=O) groups excluding carboxylic acids is 2. The Bertz CT molecular complexity index is 475. The smallest absolute Gasteiger partial charge is 0.343 e. The Labute approximate surface area is 118 Å². The number of rotatable bonds is 5. The van der Waals surface area contributed by atoms with E-state index < -0.39 is 18.6 Å². The van der Waals surface area contributed by atoms with Gasteiger partial charge in [-0.25, -0.2) is 0 Å². The van der Waals surface area contributed by atoms with Gasteiger partial charge >= 0.3 is 6.18 Å². The van der Waals surface area contributed by atoms with Crippen LogP contribution in [0.5, 0.6) is 0 Å². The zero-order chi connectivity index (χ0) is 15.2. The third-order valence-corrected chi connectivity index (χ3v) is 2.71. The van der Waals surface area contributed by atoms with E-state index in [-0.39, 0.29) is 11.5 Å². The van der Waals surface area contributed by atoms with E-state index in [0.717, 1.165) is 0 Å². The number of halogens is 3. The fourth-order valence-corrected chi connectivity index (χ4v) is 1.65. The number of nitrogens with one attached hydrogen (secondary N) is 2. The van der Waals surface area contributed by atoms with Gasteiger partial charge in [0, 0.05) is 11.3 Å². The van der Waals surface area contributed by atoms with Crippen molar-refractivity contribution in [2.75, 3.05) is 23.9 Å². The summed E-state index contributed by atoms with van der Waals surface area (Å²) in [5.74, 6) is -0.704. The van der Waals surface area contributed by atoms with Crippen molar-refractivity contribution in [3.05, 3.63) is 29.8 Å². The lowest BCUT2D eigenvalue weighted by molar-refractivity contribution is -0.123. The number of thioether (sulfide) groups is 1. The fourth-order valence-electron chi connectivity index (χ4n) is 1.32. The van der Waals surface area contributed by atoms with Crippen molar-refractivity contribution in [1.29, 1.82) is 0 Å². The number of benzene rings is 1. The Morgan fingerprint density at radius 2 is 1.80 bits per heavy atom. The summed E-state index contributed by atoms with van der Waals surface area (Å²) in [5, 5.41) is 4.36. The van der Waals surface area contributed by atoms with Crippen molar-refractivity contribution in [2.24, 2.45) is 0 Å². The van der Waals surface area contributed by atoms with Gasteiger partial charge in [0.25, 0.3) is 5.91 Å². The lowest BCUT2D eigenvalue weighted by Gasteiger charge is -2.09. The molecule has 1 rings (SSSR count). The van der Waals surface area contributed by atoms with Crippen LogP contribution in [0.3, 0.4) is 0 Å². The molecule has 0 bridgehead atoms. The van der Waals surface area contributed by atoms with Gasteiger partial charge in [0.15, 0.2) is 0 Å². The Morgan fingerprint density at radius 3 is 2.30 bits per heavy atom. The molecule has 0 aromatic heterocycles. The highest BCUT2D eigenvalue weighted by molar-refractivity contribution is 7.99. The molecule has 1 aromatic carbocycles. The van der Waals surface area contributed by atoms with E-state index in [1.165, 1.54) is 36.0 Å². The van der Waals surface area contributed by atoms with Gasteiger partial charge < -0.3 is 10.6 Å². The molecular formula is C12H13F3N2O2S. The van der Waals surface area contributed by atoms with Crippen LogP contribution in [0.15, 0.2) is 24.3 Å². The molecule has 2 N–H and O–H groups in total. The van der Waals surface area contributed by atoms with Crippen LogP contribution in [0.25, 0.3) is 0 Å². The van der Waals surface area contributed by atoms with Crippen molar-refractivity contribution < 1.29 is 22.8 Å². The van der Waals surface area contributed by atoms with E-state index in [1.54, 1.807) is 11.6 Å². The van der Waals surface area contributed by atoms with Crippen LogP contribution in [-0.4, -0.2) is 36.5 Å². The molecule has 2 amide bonds. The summed E-state index contributed by atoms with van der Waals surface area (Å²) in [6, 6.07) is 5.61. The highest BCUT2D eigenvalue weighted by Crippen LogP contribution is 2.14. The fraction of sp³-hybridized carbons (Fsp3) is 0.333. The average molecular weight is 306 g/mol. The van der Waals surface area contributed by atoms with Crippen LogP contribution in [0, 0.1) is 0 Å². The van der Waals surface area contributed by atoms with Crippen molar-refractivity contribution in [1.82, 2.24) is 5.32 Å². The topological polar surface area (TPSA) is 58.2 Å². The van der Waals surface area contributed by atoms with Gasteiger partial charge in [-0.05, 0) is 30.5 Å². The van der Waals surface area contributed by atoms with Crippen LogP contribution in [0.4, 0.5) is 18.9 Å². The van der Waals surface area contributed by atoms with Crippen molar-refractivity contribution in [3.8, 4) is 0 Å². The number of amides is 2. The van der Waals surface area contributed by atoms with E-state index >= 15 is 0 Å². The van der Waals surface area contributed by atoms with Crippen LogP contribution in [-0.2, 0) is 4.79 Å². The third kappa shape index (κ3) is 5.96. The summed E-state index contributed by atoms with van der Waals surface area (Å²) >= 11 is 1.36. The van der Waals surface area contributed by atoms with Gasteiger partial charge in [0.2, 0.25) is 5.91 Å². The molecule has 110 valence electrons. The Balaban J connectivity index is 2.57. The molecule has 0 saturated heterocycles. The molecule has 20 heavy (non-hydrogen) atoms. The lowest BCUT2D eigenvalue weighted by atomic mass is 10.2. The van der Waals surface area contributed by atoms with Gasteiger partial charge in [-0.15, -0.1) is 0 Å². The molecule has 1 aromatic rings. The highest BCUT2D eigenvalue weighted by atomic mass is 32.2. The summed E-state index contributed by atoms with van der Waals surface area (Å²) < 4.78 is 35.8. The second kappa shape index (κ2) is 7.18. The van der Waals surface area contributed by atoms with Gasteiger partial charge in [-0.2, -0.15) is 24.9 Å².